The molecule has 0 amide bonds. The average Bonchev–Trinajstić information content (AvgIpc) is 0. The van der Waals surface area contributed by atoms with Crippen LogP contribution in [0.15, 0.2) is 0 Å². The average molecular weight is 582 g/mol. The molecule has 0 aliphatic rings. The van der Waals surface area contributed by atoms with E-state index in [0.29, 0.717) is 0 Å². The minimum absolute atomic E-state index is 0. The topological polar surface area (TPSA) is 788 Å². The van der Waals surface area contributed by atoms with E-state index in [1.807, 2.05) is 0 Å². The van der Waals surface area contributed by atoms with Gasteiger partial charge in [-0.15, -0.1) is 0 Å². The van der Waals surface area contributed by atoms with Gasteiger partial charge in [0.25, 0.3) is 0 Å². The Kier molecular flexibility index (Phi) is 522000. The van der Waals surface area contributed by atoms with Crippen LogP contribution >= 0.6 is 0 Å². The fraction of sp³-hybridized carbons (Fsp3) is 0. The van der Waals surface area contributed by atoms with Crippen LogP contribution in [0.1, 0.15) is 14.3 Å². The first-order valence-electron chi connectivity index (χ1n) is 0. The summed E-state index contributed by atoms with van der Waals surface area (Å²) in [6, 6.07) is 0. The predicted octanol–water partition coefficient (Wildman–Crippen LogP) is -21.4. The summed E-state index contributed by atoms with van der Waals surface area (Å²) >= 11 is 0. The molecule has 0 aliphatic heterocycles. The molecule has 0 rings (SSSR count). The maximum atomic E-state index is 0. The van der Waals surface area contributed by atoms with Gasteiger partial charge in [-0.25, -0.2) is 0 Å². The molecule has 0 aromatic rings. The van der Waals surface area contributed by atoms with Gasteiger partial charge in [-0.1, -0.05) is 0 Å². The molecule has 0 aromatic carbocycles. The van der Waals surface area contributed by atoms with Crippen molar-refractivity contribution < 1.29 is 151 Å². The molecule has 0 unspecified atom stereocenters. The van der Waals surface area contributed by atoms with Gasteiger partial charge in [0.2, 0.25) is 0 Å². The maximum Gasteiger partial charge on any atom is 2.00 e. The van der Waals surface area contributed by atoms with E-state index in [4.69, 9.17) is 0 Å². The molecule has 0 atom stereocenters. The van der Waals surface area contributed by atoms with Crippen LogP contribution in [0.25, 0.3) is 0 Å². The summed E-state index contributed by atoms with van der Waals surface area (Å²) < 4.78 is 0. The van der Waals surface area contributed by atoms with Crippen LogP contribution in [0.2, 0.25) is 0 Å². The Morgan fingerprint density at radius 3 is 0.100 bits per heavy atom. The normalized spacial score (nSPS) is 0. The first-order valence-corrected chi connectivity index (χ1v) is 0. The standard InChI is InChI=1S/5Mg.25H2O.10H/h;;;;;25*1H2;;;;;;;;;;/q5*+2;;;;;;;;;;;;;;;;;;;;;;;;;;10*-1. The fourth-order valence-electron chi connectivity index (χ4n) is 0. The molecule has 0 fully saturated rings. The molecule has 0 aliphatic carbocycles. The molecule has 0 saturated heterocycles. The van der Waals surface area contributed by atoms with Gasteiger partial charge in [0.05, 0.1) is 0 Å². The summed E-state index contributed by atoms with van der Waals surface area (Å²) in [6.07, 6.45) is 0. The molecule has 0 bridgehead atoms. The van der Waals surface area contributed by atoms with Gasteiger partial charge >= 0.3 is 115 Å². The van der Waals surface area contributed by atoms with E-state index < -0.39 is 0 Å². The third kappa shape index (κ3) is 3420. The second-order valence-corrected chi connectivity index (χ2v) is 0. The minimum Gasteiger partial charge on any atom is -1.00 e. The van der Waals surface area contributed by atoms with Gasteiger partial charge in [0.15, 0.2) is 0 Å². The summed E-state index contributed by atoms with van der Waals surface area (Å²) in [4.78, 5) is 0. The summed E-state index contributed by atoms with van der Waals surface area (Å²) in [5.74, 6) is 0. The Hall–Kier alpha value is 2.83. The van der Waals surface area contributed by atoms with E-state index in [9.17, 15) is 0 Å². The van der Waals surface area contributed by atoms with Crippen LogP contribution in [-0.4, -0.2) is 252 Å². The van der Waals surface area contributed by atoms with Crippen molar-refractivity contribution in [1.29, 1.82) is 0 Å². The molecule has 0 spiro atoms. The number of hydrogen-bond donors (Lipinski definition) is 0. The fourth-order valence-corrected chi connectivity index (χ4v) is 0. The largest absolute Gasteiger partial charge is 2.00 e. The molecule has 0 radical (unpaired) electrons. The maximum absolute atomic E-state index is 0. The molecule has 25 nitrogen and oxygen atoms in total. The van der Waals surface area contributed by atoms with Crippen LogP contribution in [0.4, 0.5) is 0 Å². The molecule has 50 N–H and O–H groups in total. The summed E-state index contributed by atoms with van der Waals surface area (Å²) in [5.41, 5.74) is 0. The molecule has 0 heterocycles. The van der Waals surface area contributed by atoms with Crippen LogP contribution in [0, 0.1) is 0 Å². The molecule has 0 saturated carbocycles. The van der Waals surface area contributed by atoms with Gasteiger partial charge in [0, 0.05) is 0 Å². The summed E-state index contributed by atoms with van der Waals surface area (Å²) in [6.45, 7) is 0. The van der Waals surface area contributed by atoms with E-state index in [-0.39, 0.29) is 266 Å². The van der Waals surface area contributed by atoms with Crippen molar-refractivity contribution in [1.82, 2.24) is 0 Å². The second-order valence-electron chi connectivity index (χ2n) is 0. The van der Waals surface area contributed by atoms with Crippen molar-refractivity contribution in [2.75, 3.05) is 0 Å². The van der Waals surface area contributed by atoms with Gasteiger partial charge < -0.3 is 151 Å². The predicted molar refractivity (Wildman–Crippen MR) is 130 cm³/mol. The van der Waals surface area contributed by atoms with E-state index in [2.05, 4.69) is 0 Å². The van der Waals surface area contributed by atoms with Gasteiger partial charge in [-0.3, -0.25) is 0 Å². The van der Waals surface area contributed by atoms with Crippen molar-refractivity contribution in [3.8, 4) is 0 Å². The van der Waals surface area contributed by atoms with Crippen LogP contribution in [-0.2, 0) is 0 Å². The first-order chi connectivity index (χ1) is 0. The zero-order valence-corrected chi connectivity index (χ0v) is 23.1. The van der Waals surface area contributed by atoms with Crippen molar-refractivity contribution in [2.24, 2.45) is 0 Å². The molecule has 220 valence electrons. The monoisotopic (exact) mass is 580 g/mol. The Bertz CT molecular complexity index is 52.0. The Morgan fingerprint density at radius 2 is 0.100 bits per heavy atom. The SMILES string of the molecule is O.O.O.O.O.O.O.O.O.O.O.O.O.O.O.O.O.O.O.O.O.O.O.O.O.[H-].[H-].[H-].[H-].[H-].[H-].[H-].[H-].[H-].[H-].[Mg+2].[Mg+2].[Mg+2].[Mg+2].[Mg+2]. The molecule has 0 aromatic heterocycles. The van der Waals surface area contributed by atoms with Crippen molar-refractivity contribution in [3.63, 3.8) is 0 Å². The smallest absolute Gasteiger partial charge is 1.00 e. The van der Waals surface area contributed by atoms with E-state index >= 15 is 0 Å². The van der Waals surface area contributed by atoms with Crippen LogP contribution in [0.5, 0.6) is 0 Å². The molecular formula is H60Mg5O25. The summed E-state index contributed by atoms with van der Waals surface area (Å²) in [5, 5.41) is 0. The van der Waals surface area contributed by atoms with E-state index in [0.717, 1.165) is 0 Å². The van der Waals surface area contributed by atoms with Crippen molar-refractivity contribution in [2.45, 2.75) is 0 Å². The third-order valence-corrected chi connectivity index (χ3v) is 0. The van der Waals surface area contributed by atoms with Crippen LogP contribution in [0.3, 0.4) is 0 Å². The third-order valence-electron chi connectivity index (χ3n) is 0. The molecule has 30 heteroatoms. The number of hydrogen-bond acceptors (Lipinski definition) is 0. The van der Waals surface area contributed by atoms with E-state index in [1.165, 1.54) is 0 Å². The van der Waals surface area contributed by atoms with Gasteiger partial charge in [-0.2, -0.15) is 0 Å². The Labute approximate surface area is 265 Å². The summed E-state index contributed by atoms with van der Waals surface area (Å²) in [7, 11) is 0. The zero-order valence-electron chi connectivity index (χ0n) is 26.0. The van der Waals surface area contributed by atoms with Crippen LogP contribution < -0.4 is 0 Å². The molecular weight excluding hydrogens is 522 g/mol. The zero-order chi connectivity index (χ0) is 0. The Balaban J connectivity index is 0. The second kappa shape index (κ2) is 3770. The quantitative estimate of drug-likeness (QED) is 0.240. The molecule has 30 heavy (non-hydrogen) atoms. The minimum atomic E-state index is 0. The van der Waals surface area contributed by atoms with E-state index in [1.54, 1.807) is 0 Å². The van der Waals surface area contributed by atoms with Crippen molar-refractivity contribution >= 4 is 115 Å². The van der Waals surface area contributed by atoms with Gasteiger partial charge in [0.1, 0.15) is 0 Å². The Morgan fingerprint density at radius 1 is 0.100 bits per heavy atom. The van der Waals surface area contributed by atoms with Gasteiger partial charge in [-0.05, 0) is 0 Å². The van der Waals surface area contributed by atoms with Crippen molar-refractivity contribution in [3.05, 3.63) is 0 Å². The first kappa shape index (κ1) is 4150. The number of rotatable bonds is 0.